The number of nitrogens with one attached hydrogen (secondary N) is 2. The van der Waals surface area contributed by atoms with Crippen molar-refractivity contribution in [2.75, 3.05) is 49.6 Å². The van der Waals surface area contributed by atoms with E-state index in [4.69, 9.17) is 91.8 Å². The van der Waals surface area contributed by atoms with Crippen LogP contribution in [-0.2, 0) is 29.6 Å². The van der Waals surface area contributed by atoms with E-state index in [0.29, 0.717) is 12.2 Å². The van der Waals surface area contributed by atoms with Crippen LogP contribution in [0.4, 0.5) is 46.7 Å². The molecular formula is C58H47Cl5F4N32O9. The van der Waals surface area contributed by atoms with Crippen molar-refractivity contribution in [2.45, 2.75) is 13.1 Å². The molecule has 50 heteroatoms. The number of benzene rings is 2. The van der Waals surface area contributed by atoms with Crippen LogP contribution >= 0.6 is 58.0 Å². The Hall–Kier alpha value is -13.8. The topological polar surface area (TPSA) is 577 Å². The van der Waals surface area contributed by atoms with E-state index < -0.39 is 71.8 Å². The van der Waals surface area contributed by atoms with E-state index in [-0.39, 0.29) is 123 Å². The minimum Gasteiger partial charge on any atom is -0.476 e. The lowest BCUT2D eigenvalue weighted by Crippen LogP contribution is -2.27. The van der Waals surface area contributed by atoms with E-state index in [0.717, 1.165) is 38.7 Å². The lowest BCUT2D eigenvalue weighted by molar-refractivity contribution is 0.0586. The third-order valence-corrected chi connectivity index (χ3v) is 14.3. The number of esters is 2. The van der Waals surface area contributed by atoms with Crippen LogP contribution in [0.25, 0.3) is 34.5 Å². The Labute approximate surface area is 624 Å². The Kier molecular flexibility index (Phi) is 27.4. The van der Waals surface area contributed by atoms with Gasteiger partial charge in [-0.25, -0.2) is 81.8 Å². The number of nitrogens with zero attached hydrogens (tertiary/aromatic N) is 25. The molecule has 0 aliphatic carbocycles. The van der Waals surface area contributed by atoms with E-state index in [1.54, 1.807) is 19.5 Å². The first kappa shape index (κ1) is 79.9. The number of carbonyl (C=O) groups excluding carboxylic acids is 4. The van der Waals surface area contributed by atoms with Crippen LogP contribution in [0.3, 0.4) is 0 Å². The second-order valence-electron chi connectivity index (χ2n) is 19.9. The molecule has 1 aliphatic heterocycles. The smallest absolute Gasteiger partial charge is 0.360 e. The second kappa shape index (κ2) is 37.1. The number of rotatable bonds is 14. The molecule has 2 amide bonds. The standard InChI is InChI=1S/C20H16F2N8O2.C14H10ClF2N7O.C8H7ClN6O2.C7H5ClN6O2.C6H5Cl2N3O2.C3H4N2/c1-29-10-11(5-6-15(29)31)16-19(30-25-7-8-26-30)28-18(23)17(27-16)20(32)24-9-12-13(21)3-2-4-14(12)22;15-11-13(24-20-4-5-21-24)23-12(18)10(22-11)14(25)19-6-7-8(16)2-1-3-9(7)17;1-17-8(16)4-6(10)14-7(5(9)13-4)15-11-2-3-12-15;8-4-6(14-10-1-2-11-14)13-5(9)3(12-4)7(15)16;1-13-6(12)2-5(9)11-4(8)3(7)10-2;1-2-5-3-4-1/h2-8,10H,9H2,1H3,(H2,23,28)(H,24,32);1-5H,6H2,(H2,18,23)(H,19,25);2-3H,1H3,(H2,10,14);1-2H,(H2,9,13)(H,15,16);1H3,(H2,9,11);1-2H,3H2. The highest BCUT2D eigenvalue weighted by Gasteiger charge is 2.25. The van der Waals surface area contributed by atoms with E-state index >= 15 is 0 Å². The predicted molar refractivity (Wildman–Crippen MR) is 374 cm³/mol. The SMILES string of the molecule is C1=NCN=C1.COC(=O)c1nc(Cl)c(-n2nccn2)nc1N.COC(=O)c1nc(Cl)c(Cl)nc1N.Cn1cc(-c2nc(C(=O)NCc3c(F)cccc3F)c(N)nc2-n2nccn2)ccc1=O.Nc1nc(-n2nccn2)c(Cl)nc1C(=O)NCc1c(F)cccc1F.Nc1nc(-n2nccn2)c(Cl)nc1C(=O)O. The van der Waals surface area contributed by atoms with Crippen LogP contribution < -0.4 is 44.9 Å². The zero-order valence-corrected chi connectivity index (χ0v) is 58.6. The highest BCUT2D eigenvalue weighted by atomic mass is 35.5. The van der Waals surface area contributed by atoms with E-state index in [2.05, 4.69) is 121 Å². The van der Waals surface area contributed by atoms with Gasteiger partial charge in [-0.15, -0.1) is 19.2 Å². The van der Waals surface area contributed by atoms with Gasteiger partial charge in [0, 0.05) is 61.5 Å². The number of halogens is 9. The Morgan fingerprint density at radius 1 is 0.454 bits per heavy atom. The summed E-state index contributed by atoms with van der Waals surface area (Å²) in [6.07, 6.45) is 16.3. The monoisotopic (exact) mass is 1590 g/mol. The molecule has 0 bridgehead atoms. The molecule has 1 aliphatic rings. The molecule has 108 heavy (non-hydrogen) atoms. The molecule has 0 spiro atoms. The van der Waals surface area contributed by atoms with Crippen molar-refractivity contribution in [1.82, 2.24) is 125 Å². The van der Waals surface area contributed by atoms with E-state index in [9.17, 15) is 46.3 Å². The average Bonchev–Trinajstić information content (AvgIpc) is 1.23. The van der Waals surface area contributed by atoms with Crippen LogP contribution in [0.1, 0.15) is 63.6 Å². The van der Waals surface area contributed by atoms with Crippen LogP contribution in [0.2, 0.25) is 25.8 Å². The molecule has 0 radical (unpaired) electrons. The summed E-state index contributed by atoms with van der Waals surface area (Å²) in [6.45, 7) is -0.172. The highest BCUT2D eigenvalue weighted by Crippen LogP contribution is 2.27. The van der Waals surface area contributed by atoms with Gasteiger partial charge in [0.15, 0.2) is 83.3 Å². The number of anilines is 5. The number of amides is 2. The summed E-state index contributed by atoms with van der Waals surface area (Å²) >= 11 is 28.6. The summed E-state index contributed by atoms with van der Waals surface area (Å²) < 4.78 is 65.1. The summed E-state index contributed by atoms with van der Waals surface area (Å²) in [6, 6.07) is 9.62. The number of aromatic nitrogens is 23. The minimum absolute atomic E-state index is 0.0425. The van der Waals surface area contributed by atoms with Gasteiger partial charge in [0.1, 0.15) is 35.6 Å². The summed E-state index contributed by atoms with van der Waals surface area (Å²) in [5.41, 5.74) is 26.6. The van der Waals surface area contributed by atoms with Crippen molar-refractivity contribution < 1.29 is 56.1 Å². The van der Waals surface area contributed by atoms with Crippen molar-refractivity contribution >= 4 is 129 Å². The molecule has 0 saturated heterocycles. The fourth-order valence-corrected chi connectivity index (χ4v) is 8.85. The maximum Gasteiger partial charge on any atom is 0.360 e. The molecule has 0 unspecified atom stereocenters. The number of methoxy groups -OCH3 is 2. The minimum atomic E-state index is -1.30. The Bertz CT molecular complexity index is 5330. The van der Waals surface area contributed by atoms with Gasteiger partial charge in [0.2, 0.25) is 28.8 Å². The fourth-order valence-electron chi connectivity index (χ4n) is 7.98. The Morgan fingerprint density at radius 2 is 0.778 bits per heavy atom. The first-order chi connectivity index (χ1) is 51.6. The van der Waals surface area contributed by atoms with Gasteiger partial charge in [-0.2, -0.15) is 40.8 Å². The fraction of sp³-hybridized carbons (Fsp3) is 0.103. The Morgan fingerprint density at radius 3 is 1.15 bits per heavy atom. The highest BCUT2D eigenvalue weighted by molar-refractivity contribution is 6.40. The number of carbonyl (C=O) groups is 5. The first-order valence-electron chi connectivity index (χ1n) is 29.2. The molecule has 12 aromatic rings. The van der Waals surface area contributed by atoms with E-state index in [1.807, 2.05) is 0 Å². The van der Waals surface area contributed by atoms with Gasteiger partial charge in [-0.1, -0.05) is 70.1 Å². The number of pyridine rings is 1. The molecule has 10 aromatic heterocycles. The number of aromatic carboxylic acids is 1. The largest absolute Gasteiger partial charge is 0.476 e. The zero-order chi connectivity index (χ0) is 78.5. The van der Waals surface area contributed by atoms with E-state index in [1.165, 1.54) is 104 Å². The number of carboxylic acids is 1. The lowest BCUT2D eigenvalue weighted by atomic mass is 10.2. The number of nitrogens with two attached hydrogens (primary N) is 5. The third-order valence-electron chi connectivity index (χ3n) is 12.9. The number of nitrogen functional groups attached to an aromatic ring is 5. The third kappa shape index (κ3) is 20.3. The maximum absolute atomic E-state index is 13.9. The number of aliphatic imine (C=N–C) groups is 2. The number of carboxylic acid groups (broad SMARTS) is 1. The zero-order valence-electron chi connectivity index (χ0n) is 54.8. The summed E-state index contributed by atoms with van der Waals surface area (Å²) in [5.74, 6) is -7.98. The summed E-state index contributed by atoms with van der Waals surface area (Å²) in [5, 5.41) is 43.9. The summed E-state index contributed by atoms with van der Waals surface area (Å²) in [4.78, 5) is 120. The maximum atomic E-state index is 13.9. The number of aryl methyl sites for hydroxylation is 1. The molecule has 41 nitrogen and oxygen atoms in total. The van der Waals surface area contributed by atoms with Crippen molar-refractivity contribution in [3.63, 3.8) is 0 Å². The van der Waals surface area contributed by atoms with Gasteiger partial charge in [-0.05, 0) is 30.3 Å². The molecule has 0 atom stereocenters. The molecule has 13 rings (SSSR count). The average molecular weight is 1590 g/mol. The first-order valence-corrected chi connectivity index (χ1v) is 31.1. The summed E-state index contributed by atoms with van der Waals surface area (Å²) in [7, 11) is 3.96. The van der Waals surface area contributed by atoms with Gasteiger partial charge < -0.3 is 58.4 Å². The van der Waals surface area contributed by atoms with Crippen molar-refractivity contribution in [1.29, 1.82) is 0 Å². The molecule has 0 saturated carbocycles. The van der Waals surface area contributed by atoms with Crippen LogP contribution in [-0.4, -0.2) is 183 Å². The van der Waals surface area contributed by atoms with Gasteiger partial charge in [-0.3, -0.25) is 24.4 Å². The Balaban J connectivity index is 0.000000173. The molecule has 556 valence electrons. The number of hydrogen-bond acceptors (Lipinski definition) is 33. The molecule has 13 N–H and O–H groups in total. The molecular weight excluding hydrogens is 1540 g/mol. The van der Waals surface area contributed by atoms with Crippen LogP contribution in [0.15, 0.2) is 119 Å². The molecule has 2 aromatic carbocycles. The molecule has 0 fully saturated rings. The van der Waals surface area contributed by atoms with Gasteiger partial charge >= 0.3 is 17.9 Å². The molecule has 11 heterocycles. The van der Waals surface area contributed by atoms with Crippen molar-refractivity contribution in [3.8, 4) is 34.5 Å². The number of ether oxygens (including phenoxy) is 2. The lowest BCUT2D eigenvalue weighted by Gasteiger charge is -2.13. The van der Waals surface area contributed by atoms with Crippen LogP contribution in [0.5, 0.6) is 0 Å². The quantitative estimate of drug-likeness (QED) is 0.0562. The van der Waals surface area contributed by atoms with Crippen molar-refractivity contribution in [3.05, 3.63) is 203 Å². The van der Waals surface area contributed by atoms with Gasteiger partial charge in [0.25, 0.3) is 11.8 Å². The normalized spacial score (nSPS) is 10.8. The predicted octanol–water partition coefficient (Wildman–Crippen LogP) is 4.04. The van der Waals surface area contributed by atoms with Crippen LogP contribution in [0, 0.1) is 23.3 Å². The van der Waals surface area contributed by atoms with Crippen molar-refractivity contribution in [2.24, 2.45) is 17.0 Å². The number of hydrogen-bond donors (Lipinski definition) is 8. The van der Waals surface area contributed by atoms with Gasteiger partial charge in [0.05, 0.1) is 63.8 Å². The second-order valence-corrected chi connectivity index (χ2v) is 21.7.